The fraction of sp³-hybridized carbons (Fsp3) is 0.400. The standard InChI is InChI=1S/C25H29F2N3/c1-29(18-24-10-6-21-15-23(27)9-11-25(21)28-24)16-20-3-2-13-30(17-20)14-12-19-4-7-22(26)8-5-19/h4-11,15,20H,2-3,12-14,16-18H2,1H3. The molecule has 0 bridgehead atoms. The van der Waals surface area contributed by atoms with E-state index in [4.69, 9.17) is 0 Å². The Morgan fingerprint density at radius 3 is 2.67 bits per heavy atom. The number of fused-ring (bicyclic) bond motifs is 1. The van der Waals surface area contributed by atoms with Crippen LogP contribution in [0, 0.1) is 17.6 Å². The fourth-order valence-corrected chi connectivity index (χ4v) is 4.45. The minimum Gasteiger partial charge on any atom is -0.303 e. The summed E-state index contributed by atoms with van der Waals surface area (Å²) in [6.45, 7) is 5.10. The zero-order valence-corrected chi connectivity index (χ0v) is 17.5. The van der Waals surface area contributed by atoms with E-state index in [1.54, 1.807) is 18.2 Å². The van der Waals surface area contributed by atoms with E-state index in [0.717, 1.165) is 55.7 Å². The monoisotopic (exact) mass is 409 g/mol. The molecule has 1 aliphatic rings. The SMILES string of the molecule is CN(Cc1ccc2cc(F)ccc2n1)CC1CCCN(CCc2ccc(F)cc2)C1. The first kappa shape index (κ1) is 20.9. The van der Waals surface area contributed by atoms with Gasteiger partial charge < -0.3 is 9.80 Å². The van der Waals surface area contributed by atoms with Crippen molar-refractivity contribution >= 4 is 10.9 Å². The molecule has 0 amide bonds. The predicted octanol–water partition coefficient (Wildman–Crippen LogP) is 4.90. The Balaban J connectivity index is 1.28. The second kappa shape index (κ2) is 9.63. The van der Waals surface area contributed by atoms with Crippen LogP contribution in [0.15, 0.2) is 54.6 Å². The van der Waals surface area contributed by atoms with Crippen molar-refractivity contribution in [1.29, 1.82) is 0 Å². The number of nitrogens with zero attached hydrogens (tertiary/aromatic N) is 3. The Morgan fingerprint density at radius 1 is 1.03 bits per heavy atom. The van der Waals surface area contributed by atoms with Crippen LogP contribution in [0.5, 0.6) is 0 Å². The van der Waals surface area contributed by atoms with Gasteiger partial charge >= 0.3 is 0 Å². The number of halogens is 2. The van der Waals surface area contributed by atoms with E-state index in [0.29, 0.717) is 5.92 Å². The van der Waals surface area contributed by atoms with Crippen LogP contribution in [0.25, 0.3) is 10.9 Å². The van der Waals surface area contributed by atoms with Gasteiger partial charge in [-0.1, -0.05) is 18.2 Å². The molecule has 158 valence electrons. The summed E-state index contributed by atoms with van der Waals surface area (Å²) in [6, 6.07) is 15.5. The zero-order valence-electron chi connectivity index (χ0n) is 17.5. The number of hydrogen-bond acceptors (Lipinski definition) is 3. The van der Waals surface area contributed by atoms with Crippen LogP contribution in [-0.4, -0.2) is 48.0 Å². The van der Waals surface area contributed by atoms with Crippen molar-refractivity contribution in [3.8, 4) is 0 Å². The third-order valence-corrected chi connectivity index (χ3v) is 5.94. The van der Waals surface area contributed by atoms with E-state index in [2.05, 4.69) is 21.8 Å². The van der Waals surface area contributed by atoms with Crippen LogP contribution in [0.2, 0.25) is 0 Å². The molecule has 4 rings (SSSR count). The number of rotatable bonds is 7. The van der Waals surface area contributed by atoms with Gasteiger partial charge in [0.15, 0.2) is 0 Å². The molecule has 3 nitrogen and oxygen atoms in total. The first-order chi connectivity index (χ1) is 14.5. The molecular formula is C25H29F2N3. The van der Waals surface area contributed by atoms with Crippen molar-refractivity contribution < 1.29 is 8.78 Å². The third-order valence-electron chi connectivity index (χ3n) is 5.94. The van der Waals surface area contributed by atoms with Gasteiger partial charge in [-0.15, -0.1) is 0 Å². The molecular weight excluding hydrogens is 380 g/mol. The van der Waals surface area contributed by atoms with Gasteiger partial charge in [-0.25, -0.2) is 8.78 Å². The quantitative estimate of drug-likeness (QED) is 0.553. The maximum atomic E-state index is 13.4. The van der Waals surface area contributed by atoms with Gasteiger partial charge in [0.05, 0.1) is 11.2 Å². The fourth-order valence-electron chi connectivity index (χ4n) is 4.45. The number of piperidine rings is 1. The van der Waals surface area contributed by atoms with Gasteiger partial charge in [0.1, 0.15) is 11.6 Å². The van der Waals surface area contributed by atoms with Crippen LogP contribution in [0.3, 0.4) is 0 Å². The molecule has 3 aromatic rings. The van der Waals surface area contributed by atoms with Gasteiger partial charge in [-0.05, 0) is 80.7 Å². The van der Waals surface area contributed by atoms with Crippen LogP contribution in [-0.2, 0) is 13.0 Å². The molecule has 1 saturated heterocycles. The third kappa shape index (κ3) is 5.61. The Labute approximate surface area is 177 Å². The van der Waals surface area contributed by atoms with Gasteiger partial charge in [0.2, 0.25) is 0 Å². The number of benzene rings is 2. The van der Waals surface area contributed by atoms with E-state index in [-0.39, 0.29) is 11.6 Å². The molecule has 0 N–H and O–H groups in total. The van der Waals surface area contributed by atoms with Gasteiger partial charge in [0, 0.05) is 31.6 Å². The lowest BCUT2D eigenvalue weighted by atomic mass is 9.97. The highest BCUT2D eigenvalue weighted by atomic mass is 19.1. The Hall–Kier alpha value is -2.37. The van der Waals surface area contributed by atoms with Crippen LogP contribution in [0.4, 0.5) is 8.78 Å². The van der Waals surface area contributed by atoms with Crippen molar-refractivity contribution in [2.24, 2.45) is 5.92 Å². The Morgan fingerprint density at radius 2 is 1.83 bits per heavy atom. The summed E-state index contributed by atoms with van der Waals surface area (Å²) in [5.41, 5.74) is 3.05. The summed E-state index contributed by atoms with van der Waals surface area (Å²) in [7, 11) is 2.15. The van der Waals surface area contributed by atoms with Gasteiger partial charge in [0.25, 0.3) is 0 Å². The molecule has 5 heteroatoms. The molecule has 30 heavy (non-hydrogen) atoms. The molecule has 1 unspecified atom stereocenters. The largest absolute Gasteiger partial charge is 0.303 e. The summed E-state index contributed by atoms with van der Waals surface area (Å²) < 4.78 is 26.4. The van der Waals surface area contributed by atoms with Crippen molar-refractivity contribution in [2.45, 2.75) is 25.8 Å². The molecule has 0 aliphatic carbocycles. The van der Waals surface area contributed by atoms with Crippen molar-refractivity contribution in [3.63, 3.8) is 0 Å². The van der Waals surface area contributed by atoms with Crippen LogP contribution >= 0.6 is 0 Å². The van der Waals surface area contributed by atoms with E-state index in [1.807, 2.05) is 24.3 Å². The first-order valence-corrected chi connectivity index (χ1v) is 10.8. The summed E-state index contributed by atoms with van der Waals surface area (Å²) in [5, 5.41) is 0.838. The highest BCUT2D eigenvalue weighted by Gasteiger charge is 2.21. The molecule has 2 aromatic carbocycles. The summed E-state index contributed by atoms with van der Waals surface area (Å²) in [4.78, 5) is 9.56. The van der Waals surface area contributed by atoms with E-state index in [1.165, 1.54) is 30.5 Å². The molecule has 0 saturated carbocycles. The van der Waals surface area contributed by atoms with Crippen LogP contribution < -0.4 is 0 Å². The first-order valence-electron chi connectivity index (χ1n) is 10.8. The maximum absolute atomic E-state index is 13.4. The molecule has 2 heterocycles. The molecule has 1 atom stereocenters. The number of likely N-dealkylation sites (tertiary alicyclic amines) is 1. The lowest BCUT2D eigenvalue weighted by molar-refractivity contribution is 0.142. The Bertz CT molecular complexity index is 974. The average molecular weight is 410 g/mol. The Kier molecular flexibility index (Phi) is 6.70. The number of hydrogen-bond donors (Lipinski definition) is 0. The summed E-state index contributed by atoms with van der Waals surface area (Å²) in [5.74, 6) is 0.245. The van der Waals surface area contributed by atoms with E-state index >= 15 is 0 Å². The van der Waals surface area contributed by atoms with E-state index < -0.39 is 0 Å². The van der Waals surface area contributed by atoms with Gasteiger partial charge in [-0.3, -0.25) is 4.98 Å². The normalized spacial score (nSPS) is 17.7. The van der Waals surface area contributed by atoms with Crippen molar-refractivity contribution in [3.05, 3.63) is 77.5 Å². The topological polar surface area (TPSA) is 19.4 Å². The summed E-state index contributed by atoms with van der Waals surface area (Å²) in [6.07, 6.45) is 3.44. The molecule has 1 aliphatic heterocycles. The lowest BCUT2D eigenvalue weighted by Gasteiger charge is -2.34. The highest BCUT2D eigenvalue weighted by molar-refractivity contribution is 5.78. The van der Waals surface area contributed by atoms with E-state index in [9.17, 15) is 8.78 Å². The zero-order chi connectivity index (χ0) is 20.9. The minimum atomic E-state index is -0.226. The number of pyridine rings is 1. The second-order valence-corrected chi connectivity index (χ2v) is 8.52. The predicted molar refractivity (Wildman–Crippen MR) is 117 cm³/mol. The lowest BCUT2D eigenvalue weighted by Crippen LogP contribution is -2.40. The van der Waals surface area contributed by atoms with Gasteiger partial charge in [-0.2, -0.15) is 0 Å². The summed E-state index contributed by atoms with van der Waals surface area (Å²) >= 11 is 0. The molecule has 0 radical (unpaired) electrons. The highest BCUT2D eigenvalue weighted by Crippen LogP contribution is 2.19. The molecule has 1 aromatic heterocycles. The molecule has 0 spiro atoms. The average Bonchev–Trinajstić information content (AvgIpc) is 2.74. The molecule has 1 fully saturated rings. The van der Waals surface area contributed by atoms with Crippen LogP contribution in [0.1, 0.15) is 24.1 Å². The van der Waals surface area contributed by atoms with Crippen molar-refractivity contribution in [2.75, 3.05) is 33.2 Å². The number of aromatic nitrogens is 1. The van der Waals surface area contributed by atoms with Crippen molar-refractivity contribution in [1.82, 2.24) is 14.8 Å². The maximum Gasteiger partial charge on any atom is 0.123 e. The smallest absolute Gasteiger partial charge is 0.123 e. The second-order valence-electron chi connectivity index (χ2n) is 8.52. The minimum absolute atomic E-state index is 0.173.